The smallest absolute Gasteiger partial charge is 0.132 e. The number of fused-ring (bicyclic) bond motifs is 1. The number of morpholine rings is 1. The van der Waals surface area contributed by atoms with Gasteiger partial charge in [0, 0.05) is 24.5 Å². The van der Waals surface area contributed by atoms with Crippen LogP contribution in [0.2, 0.25) is 0 Å². The molecule has 1 atom stereocenters. The quantitative estimate of drug-likeness (QED) is 0.781. The Labute approximate surface area is 152 Å². The number of nitrogens with zero attached hydrogens (tertiary/aromatic N) is 4. The summed E-state index contributed by atoms with van der Waals surface area (Å²) < 4.78 is 5.63. The van der Waals surface area contributed by atoms with Crippen molar-refractivity contribution in [2.45, 2.75) is 26.9 Å². The molecule has 0 bridgehead atoms. The largest absolute Gasteiger partial charge is 0.375 e. The van der Waals surface area contributed by atoms with Crippen molar-refractivity contribution < 1.29 is 4.74 Å². The number of rotatable bonds is 3. The van der Waals surface area contributed by atoms with Crippen molar-refractivity contribution in [2.24, 2.45) is 0 Å². The first kappa shape index (κ1) is 16.7. The predicted molar refractivity (Wildman–Crippen MR) is 104 cm³/mol. The molecule has 0 amide bonds. The van der Waals surface area contributed by atoms with Crippen molar-refractivity contribution in [3.63, 3.8) is 0 Å². The Hall–Kier alpha value is -2.73. The SMILES string of the molecule is CC(C)=Cc1ccc2[nH]nc(-c3cc(N4CCOC(C)C4)ncn3)c2c1. The molecule has 1 saturated heterocycles. The molecule has 1 fully saturated rings. The minimum atomic E-state index is 0.208. The fraction of sp³-hybridized carbons (Fsp3) is 0.350. The van der Waals surface area contributed by atoms with E-state index in [1.54, 1.807) is 6.33 Å². The van der Waals surface area contributed by atoms with Crippen LogP contribution in [0.3, 0.4) is 0 Å². The lowest BCUT2D eigenvalue weighted by Crippen LogP contribution is -2.41. The van der Waals surface area contributed by atoms with Gasteiger partial charge in [0.25, 0.3) is 0 Å². The monoisotopic (exact) mass is 349 g/mol. The van der Waals surface area contributed by atoms with E-state index in [-0.39, 0.29) is 6.10 Å². The van der Waals surface area contributed by atoms with E-state index in [1.165, 1.54) is 5.57 Å². The van der Waals surface area contributed by atoms with Crippen molar-refractivity contribution in [3.8, 4) is 11.4 Å². The Morgan fingerprint density at radius 1 is 1.27 bits per heavy atom. The van der Waals surface area contributed by atoms with Crippen molar-refractivity contribution in [1.82, 2.24) is 20.2 Å². The average Bonchev–Trinajstić information content (AvgIpc) is 3.04. The van der Waals surface area contributed by atoms with E-state index in [2.05, 4.69) is 70.1 Å². The van der Waals surface area contributed by atoms with Gasteiger partial charge in [0.05, 0.1) is 23.9 Å². The molecule has 0 saturated carbocycles. The third kappa shape index (κ3) is 3.32. The molecule has 1 aliphatic rings. The normalized spacial score (nSPS) is 17.5. The summed E-state index contributed by atoms with van der Waals surface area (Å²) in [6.45, 7) is 8.68. The van der Waals surface area contributed by atoms with Crippen LogP contribution in [-0.4, -0.2) is 46.0 Å². The van der Waals surface area contributed by atoms with Gasteiger partial charge in [-0.2, -0.15) is 5.10 Å². The molecule has 2 aromatic heterocycles. The van der Waals surface area contributed by atoms with Gasteiger partial charge in [-0.3, -0.25) is 5.10 Å². The first-order valence-electron chi connectivity index (χ1n) is 8.92. The van der Waals surface area contributed by atoms with Crippen LogP contribution in [0, 0.1) is 0 Å². The molecule has 6 nitrogen and oxygen atoms in total. The lowest BCUT2D eigenvalue weighted by atomic mass is 10.1. The molecule has 3 aromatic rings. The molecule has 1 aliphatic heterocycles. The molecule has 3 heterocycles. The van der Waals surface area contributed by atoms with Gasteiger partial charge in [0.15, 0.2) is 0 Å². The van der Waals surface area contributed by atoms with E-state index >= 15 is 0 Å². The van der Waals surface area contributed by atoms with Crippen LogP contribution >= 0.6 is 0 Å². The van der Waals surface area contributed by atoms with Crippen LogP contribution in [0.15, 0.2) is 36.2 Å². The third-order valence-electron chi connectivity index (χ3n) is 4.50. The van der Waals surface area contributed by atoms with Crippen molar-refractivity contribution in [3.05, 3.63) is 41.7 Å². The van der Waals surface area contributed by atoms with E-state index in [4.69, 9.17) is 4.74 Å². The second kappa shape index (κ2) is 6.88. The summed E-state index contributed by atoms with van der Waals surface area (Å²) in [7, 11) is 0. The maximum atomic E-state index is 5.63. The van der Waals surface area contributed by atoms with E-state index in [1.807, 2.05) is 6.07 Å². The molecule has 4 rings (SSSR count). The average molecular weight is 349 g/mol. The first-order chi connectivity index (χ1) is 12.6. The summed E-state index contributed by atoms with van der Waals surface area (Å²) >= 11 is 0. The van der Waals surface area contributed by atoms with Gasteiger partial charge in [-0.15, -0.1) is 0 Å². The number of ether oxygens (including phenoxy) is 1. The van der Waals surface area contributed by atoms with Crippen molar-refractivity contribution >= 4 is 22.8 Å². The van der Waals surface area contributed by atoms with E-state index in [0.717, 1.165) is 53.4 Å². The van der Waals surface area contributed by atoms with E-state index in [9.17, 15) is 0 Å². The molecule has 1 N–H and O–H groups in total. The summed E-state index contributed by atoms with van der Waals surface area (Å²) in [4.78, 5) is 11.2. The minimum absolute atomic E-state index is 0.208. The molecule has 26 heavy (non-hydrogen) atoms. The zero-order chi connectivity index (χ0) is 18.1. The van der Waals surface area contributed by atoms with Crippen LogP contribution < -0.4 is 4.90 Å². The van der Waals surface area contributed by atoms with Crippen LogP contribution in [0.1, 0.15) is 26.3 Å². The lowest BCUT2D eigenvalue weighted by Gasteiger charge is -2.31. The predicted octanol–water partition coefficient (Wildman–Crippen LogP) is 3.67. The number of anilines is 1. The molecule has 1 unspecified atom stereocenters. The minimum Gasteiger partial charge on any atom is -0.375 e. The maximum absolute atomic E-state index is 5.63. The van der Waals surface area contributed by atoms with Crippen LogP contribution in [0.4, 0.5) is 5.82 Å². The summed E-state index contributed by atoms with van der Waals surface area (Å²) in [6, 6.07) is 8.32. The number of aromatic amines is 1. The van der Waals surface area contributed by atoms with Gasteiger partial charge in [-0.1, -0.05) is 17.7 Å². The van der Waals surface area contributed by atoms with Crippen LogP contribution in [0.25, 0.3) is 28.4 Å². The molecule has 6 heteroatoms. The van der Waals surface area contributed by atoms with Crippen molar-refractivity contribution in [1.29, 1.82) is 0 Å². The Balaban J connectivity index is 1.73. The highest BCUT2D eigenvalue weighted by Crippen LogP contribution is 2.28. The van der Waals surface area contributed by atoms with Gasteiger partial charge in [0.1, 0.15) is 17.8 Å². The maximum Gasteiger partial charge on any atom is 0.132 e. The summed E-state index contributed by atoms with van der Waals surface area (Å²) in [6.07, 6.45) is 3.99. The summed E-state index contributed by atoms with van der Waals surface area (Å²) in [5, 5.41) is 8.69. The van der Waals surface area contributed by atoms with E-state index < -0.39 is 0 Å². The fourth-order valence-electron chi connectivity index (χ4n) is 3.33. The fourth-order valence-corrected chi connectivity index (χ4v) is 3.33. The zero-order valence-electron chi connectivity index (χ0n) is 15.4. The number of allylic oxidation sites excluding steroid dienone is 1. The molecule has 0 aliphatic carbocycles. The number of hydrogen-bond donors (Lipinski definition) is 1. The van der Waals surface area contributed by atoms with Crippen LogP contribution in [-0.2, 0) is 4.74 Å². The highest BCUT2D eigenvalue weighted by atomic mass is 16.5. The second-order valence-electron chi connectivity index (χ2n) is 6.99. The van der Waals surface area contributed by atoms with Gasteiger partial charge >= 0.3 is 0 Å². The Bertz CT molecular complexity index is 958. The third-order valence-corrected chi connectivity index (χ3v) is 4.50. The number of hydrogen-bond acceptors (Lipinski definition) is 5. The molecule has 0 radical (unpaired) electrons. The number of aromatic nitrogens is 4. The lowest BCUT2D eigenvalue weighted by molar-refractivity contribution is 0.0529. The van der Waals surface area contributed by atoms with E-state index in [0.29, 0.717) is 0 Å². The Morgan fingerprint density at radius 3 is 2.96 bits per heavy atom. The topological polar surface area (TPSA) is 66.9 Å². The Morgan fingerprint density at radius 2 is 2.15 bits per heavy atom. The number of benzene rings is 1. The van der Waals surface area contributed by atoms with Crippen molar-refractivity contribution in [2.75, 3.05) is 24.6 Å². The van der Waals surface area contributed by atoms with Crippen LogP contribution in [0.5, 0.6) is 0 Å². The highest BCUT2D eigenvalue weighted by Gasteiger charge is 2.19. The van der Waals surface area contributed by atoms with Gasteiger partial charge < -0.3 is 9.64 Å². The molecule has 1 aromatic carbocycles. The molecular formula is C20H23N5O. The van der Waals surface area contributed by atoms with Gasteiger partial charge in [-0.25, -0.2) is 9.97 Å². The number of nitrogens with one attached hydrogen (secondary N) is 1. The first-order valence-corrected chi connectivity index (χ1v) is 8.92. The summed E-state index contributed by atoms with van der Waals surface area (Å²) in [5.74, 6) is 0.918. The molecule has 0 spiro atoms. The van der Waals surface area contributed by atoms with Gasteiger partial charge in [-0.05, 0) is 38.5 Å². The zero-order valence-corrected chi connectivity index (χ0v) is 15.4. The second-order valence-corrected chi connectivity index (χ2v) is 6.99. The summed E-state index contributed by atoms with van der Waals surface area (Å²) in [5.41, 5.74) is 5.12. The molecular weight excluding hydrogens is 326 g/mol. The number of H-pyrrole nitrogens is 1. The highest BCUT2D eigenvalue weighted by molar-refractivity contribution is 5.93. The molecule has 134 valence electrons. The standard InChI is InChI=1S/C20H23N5O/c1-13(2)8-15-4-5-17-16(9-15)20(24-23-17)18-10-19(22-12-21-18)25-6-7-26-14(3)11-25/h4-5,8-10,12,14H,6-7,11H2,1-3H3,(H,23,24). The van der Waals surface area contributed by atoms with Gasteiger partial charge in [0.2, 0.25) is 0 Å². The Kier molecular flexibility index (Phi) is 4.42.